The lowest BCUT2D eigenvalue weighted by Gasteiger charge is -2.30. The number of hydrogen-bond donors (Lipinski definition) is 0. The van der Waals surface area contributed by atoms with Gasteiger partial charge in [0.2, 0.25) is 5.76 Å². The Morgan fingerprint density at radius 1 is 1.03 bits per heavy atom. The third-order valence-electron chi connectivity index (χ3n) is 5.60. The van der Waals surface area contributed by atoms with Gasteiger partial charge >= 0.3 is 0 Å². The molecule has 3 heterocycles. The number of nitrogens with zero attached hydrogens (tertiary/aromatic N) is 1. The van der Waals surface area contributed by atoms with Gasteiger partial charge in [-0.05, 0) is 36.2 Å². The highest BCUT2D eigenvalue weighted by Gasteiger charge is 2.48. The third-order valence-corrected chi connectivity index (χ3v) is 7.60. The molecule has 1 fully saturated rings. The molecule has 6 nitrogen and oxygen atoms in total. The maximum atomic E-state index is 13.3. The summed E-state index contributed by atoms with van der Waals surface area (Å²) in [5, 5.41) is 0.915. The molecule has 8 heteroatoms. The number of carbonyl (C=O) groups is 1. The topological polar surface area (TPSA) is 84.7 Å². The van der Waals surface area contributed by atoms with E-state index in [1.54, 1.807) is 48.5 Å². The second kappa shape index (κ2) is 6.43. The van der Waals surface area contributed by atoms with Crippen LogP contribution >= 0.6 is 11.6 Å². The quantitative estimate of drug-likeness (QED) is 0.624. The Labute approximate surface area is 171 Å². The van der Waals surface area contributed by atoms with Gasteiger partial charge in [0, 0.05) is 11.1 Å². The Morgan fingerprint density at radius 3 is 2.45 bits per heavy atom. The minimum Gasteiger partial charge on any atom is -0.450 e. The van der Waals surface area contributed by atoms with E-state index in [-0.39, 0.29) is 28.3 Å². The molecule has 0 saturated carbocycles. The Morgan fingerprint density at radius 2 is 1.76 bits per heavy atom. The minimum absolute atomic E-state index is 0.0158. The number of amides is 1. The second-order valence-corrected chi connectivity index (χ2v) is 10.1. The zero-order valence-corrected chi connectivity index (χ0v) is 16.7. The zero-order valence-electron chi connectivity index (χ0n) is 15.2. The van der Waals surface area contributed by atoms with Gasteiger partial charge in [-0.15, -0.1) is 0 Å². The summed E-state index contributed by atoms with van der Waals surface area (Å²) in [4.78, 5) is 28.1. The summed E-state index contributed by atoms with van der Waals surface area (Å²) in [6, 6.07) is 12.4. The van der Waals surface area contributed by atoms with Crippen LogP contribution in [0.4, 0.5) is 0 Å². The van der Waals surface area contributed by atoms with Crippen LogP contribution in [-0.2, 0) is 9.84 Å². The number of halogens is 1. The van der Waals surface area contributed by atoms with Crippen LogP contribution in [-0.4, -0.2) is 36.8 Å². The lowest BCUT2D eigenvalue weighted by Crippen LogP contribution is -2.40. The van der Waals surface area contributed by atoms with Gasteiger partial charge < -0.3 is 9.32 Å². The summed E-state index contributed by atoms with van der Waals surface area (Å²) < 4.78 is 30.0. The molecule has 0 N–H and O–H groups in total. The summed E-state index contributed by atoms with van der Waals surface area (Å²) in [5.41, 5.74) is 0.993. The molecule has 2 aliphatic rings. The molecule has 148 valence electrons. The van der Waals surface area contributed by atoms with Gasteiger partial charge in [0.1, 0.15) is 5.58 Å². The molecule has 0 radical (unpaired) electrons. The standard InChI is InChI=1S/C21H16ClNO5S/c22-13-7-5-12(6-8-13)18-17-19(24)15-3-1-2-4-16(15)28-20(17)21(25)23(18)14-9-10-29(26,27)11-14/h1-8,14,18H,9-11H2. The highest BCUT2D eigenvalue weighted by Crippen LogP contribution is 2.41. The number of para-hydroxylation sites is 1. The number of sulfone groups is 1. The average Bonchev–Trinajstić information content (AvgIpc) is 3.20. The van der Waals surface area contributed by atoms with Crippen molar-refractivity contribution in [3.8, 4) is 0 Å². The van der Waals surface area contributed by atoms with E-state index in [4.69, 9.17) is 16.0 Å². The van der Waals surface area contributed by atoms with Crippen molar-refractivity contribution in [1.82, 2.24) is 4.90 Å². The Hall–Kier alpha value is -2.64. The van der Waals surface area contributed by atoms with Crippen molar-refractivity contribution in [2.75, 3.05) is 11.5 Å². The summed E-state index contributed by atoms with van der Waals surface area (Å²) >= 11 is 6.02. The van der Waals surface area contributed by atoms with E-state index in [0.29, 0.717) is 28.0 Å². The Kier molecular flexibility index (Phi) is 4.08. The van der Waals surface area contributed by atoms with E-state index in [0.717, 1.165) is 0 Å². The van der Waals surface area contributed by atoms with Crippen molar-refractivity contribution < 1.29 is 17.6 Å². The predicted octanol–water partition coefficient (Wildman–Crippen LogP) is 3.18. The molecule has 1 saturated heterocycles. The normalized spacial score (nSPS) is 22.9. The van der Waals surface area contributed by atoms with Gasteiger partial charge in [0.15, 0.2) is 15.3 Å². The third kappa shape index (κ3) is 2.88. The van der Waals surface area contributed by atoms with Crippen LogP contribution in [0.15, 0.2) is 57.7 Å². The van der Waals surface area contributed by atoms with Crippen molar-refractivity contribution in [2.24, 2.45) is 0 Å². The Bertz CT molecular complexity index is 1310. The number of carbonyl (C=O) groups excluding carboxylic acids is 1. The molecule has 2 aromatic carbocycles. The van der Waals surface area contributed by atoms with Gasteiger partial charge in [0.25, 0.3) is 5.91 Å². The van der Waals surface area contributed by atoms with E-state index in [1.807, 2.05) is 0 Å². The SMILES string of the molecule is O=C1c2oc3ccccc3c(=O)c2C(c2ccc(Cl)cc2)N1C1CCS(=O)(=O)C1. The molecule has 0 spiro atoms. The van der Waals surface area contributed by atoms with E-state index in [1.165, 1.54) is 4.90 Å². The van der Waals surface area contributed by atoms with Gasteiger partial charge in [0.05, 0.1) is 28.5 Å². The first-order valence-electron chi connectivity index (χ1n) is 9.20. The van der Waals surface area contributed by atoms with Crippen LogP contribution in [0.3, 0.4) is 0 Å². The first-order chi connectivity index (χ1) is 13.9. The lowest BCUT2D eigenvalue weighted by atomic mass is 9.97. The number of rotatable bonds is 2. The molecular weight excluding hydrogens is 414 g/mol. The maximum absolute atomic E-state index is 13.3. The van der Waals surface area contributed by atoms with E-state index < -0.39 is 27.8 Å². The summed E-state index contributed by atoms with van der Waals surface area (Å²) in [7, 11) is -3.23. The molecule has 0 bridgehead atoms. The molecule has 2 aliphatic heterocycles. The van der Waals surface area contributed by atoms with E-state index in [9.17, 15) is 18.0 Å². The van der Waals surface area contributed by atoms with Gasteiger partial charge in [-0.3, -0.25) is 9.59 Å². The van der Waals surface area contributed by atoms with Crippen LogP contribution in [0.25, 0.3) is 11.0 Å². The van der Waals surface area contributed by atoms with Crippen LogP contribution < -0.4 is 5.43 Å². The maximum Gasteiger partial charge on any atom is 0.291 e. The largest absolute Gasteiger partial charge is 0.450 e. The first kappa shape index (κ1) is 18.4. The molecule has 2 atom stereocenters. The number of fused-ring (bicyclic) bond motifs is 2. The molecule has 5 rings (SSSR count). The van der Waals surface area contributed by atoms with E-state index >= 15 is 0 Å². The fraction of sp³-hybridized carbons (Fsp3) is 0.238. The van der Waals surface area contributed by atoms with E-state index in [2.05, 4.69) is 0 Å². The summed E-state index contributed by atoms with van der Waals surface area (Å²) in [6.45, 7) is 0. The van der Waals surface area contributed by atoms with Crippen LogP contribution in [0.1, 0.15) is 34.1 Å². The predicted molar refractivity (Wildman–Crippen MR) is 109 cm³/mol. The molecular formula is C21H16ClNO5S. The van der Waals surface area contributed by atoms with Crippen molar-refractivity contribution >= 4 is 38.3 Å². The minimum atomic E-state index is -3.23. The van der Waals surface area contributed by atoms with Gasteiger partial charge in [-0.25, -0.2) is 8.42 Å². The molecule has 1 amide bonds. The second-order valence-electron chi connectivity index (χ2n) is 7.39. The van der Waals surface area contributed by atoms with Crippen molar-refractivity contribution in [3.05, 3.63) is 80.7 Å². The lowest BCUT2D eigenvalue weighted by molar-refractivity contribution is 0.0662. The van der Waals surface area contributed by atoms with Crippen LogP contribution in [0.2, 0.25) is 5.02 Å². The smallest absolute Gasteiger partial charge is 0.291 e. The highest BCUT2D eigenvalue weighted by molar-refractivity contribution is 7.91. The monoisotopic (exact) mass is 429 g/mol. The molecule has 3 aromatic rings. The molecule has 2 unspecified atom stereocenters. The molecule has 0 aliphatic carbocycles. The van der Waals surface area contributed by atoms with Crippen molar-refractivity contribution in [2.45, 2.75) is 18.5 Å². The van der Waals surface area contributed by atoms with Crippen molar-refractivity contribution in [1.29, 1.82) is 0 Å². The summed E-state index contributed by atoms with van der Waals surface area (Å²) in [6.07, 6.45) is 0.333. The fourth-order valence-corrected chi connectivity index (χ4v) is 6.12. The number of hydrogen-bond acceptors (Lipinski definition) is 5. The molecule has 29 heavy (non-hydrogen) atoms. The Balaban J connectivity index is 1.76. The first-order valence-corrected chi connectivity index (χ1v) is 11.4. The van der Waals surface area contributed by atoms with Gasteiger partial charge in [-0.2, -0.15) is 0 Å². The van der Waals surface area contributed by atoms with Crippen LogP contribution in [0.5, 0.6) is 0 Å². The van der Waals surface area contributed by atoms with Gasteiger partial charge in [-0.1, -0.05) is 35.9 Å². The van der Waals surface area contributed by atoms with Crippen molar-refractivity contribution in [3.63, 3.8) is 0 Å². The highest BCUT2D eigenvalue weighted by atomic mass is 35.5. The summed E-state index contributed by atoms with van der Waals surface area (Å²) in [5.74, 6) is -0.568. The number of benzene rings is 2. The average molecular weight is 430 g/mol. The van der Waals surface area contributed by atoms with Crippen LogP contribution in [0, 0.1) is 0 Å². The fourth-order valence-electron chi connectivity index (χ4n) is 4.28. The zero-order chi connectivity index (χ0) is 20.3. The molecule has 1 aromatic heterocycles.